The van der Waals surface area contributed by atoms with E-state index in [4.69, 9.17) is 5.14 Å². The Morgan fingerprint density at radius 2 is 2.27 bits per heavy atom. The Hall–Kier alpha value is -0.320. The van der Waals surface area contributed by atoms with Crippen LogP contribution in [0, 0.1) is 0 Å². The quantitative estimate of drug-likeness (QED) is 0.628. The third-order valence-electron chi connectivity index (χ3n) is 1.23. The van der Waals surface area contributed by atoms with Crippen molar-refractivity contribution in [1.29, 1.82) is 0 Å². The first kappa shape index (κ1) is 8.77. The predicted molar refractivity (Wildman–Crippen MR) is 49.6 cm³/mol. The molecule has 0 saturated carbocycles. The first-order valence-electron chi connectivity index (χ1n) is 2.89. The van der Waals surface area contributed by atoms with E-state index in [-0.39, 0.29) is 0 Å². The molecule has 0 saturated heterocycles. The summed E-state index contributed by atoms with van der Waals surface area (Å²) >= 11 is 4.37. The zero-order valence-electron chi connectivity index (χ0n) is 5.58. The van der Waals surface area contributed by atoms with Crippen molar-refractivity contribution in [2.75, 3.05) is 0 Å². The van der Waals surface area contributed by atoms with E-state index in [2.05, 4.69) is 15.9 Å². The summed E-state index contributed by atoms with van der Waals surface area (Å²) in [5.74, 6) is 0. The lowest BCUT2D eigenvalue weighted by Gasteiger charge is -1.98. The van der Waals surface area contributed by atoms with Gasteiger partial charge in [0.25, 0.3) is 0 Å². The average molecular weight is 232 g/mol. The van der Waals surface area contributed by atoms with E-state index >= 15 is 0 Å². The lowest BCUT2D eigenvalue weighted by atomic mass is 10.2. The van der Waals surface area contributed by atoms with Crippen LogP contribution in [0.3, 0.4) is 0 Å². The van der Waals surface area contributed by atoms with Crippen LogP contribution in [-0.2, 0) is 0 Å². The minimum atomic E-state index is 0.625. The number of nitrogens with two attached hydrogens (primary N) is 1. The molecule has 0 bridgehead atoms. The van der Waals surface area contributed by atoms with Gasteiger partial charge in [-0.05, 0) is 30.1 Å². The number of hydrogen-bond acceptors (Lipinski definition) is 3. The summed E-state index contributed by atoms with van der Waals surface area (Å²) in [6.45, 7) is 0. The van der Waals surface area contributed by atoms with Gasteiger partial charge in [0.1, 0.15) is 0 Å². The summed E-state index contributed by atoms with van der Waals surface area (Å²) in [5, 5.41) is 5.31. The fourth-order valence-electron chi connectivity index (χ4n) is 0.685. The number of halogens is 1. The molecule has 1 aromatic rings. The number of carbonyl (C=O) groups is 1. The summed E-state index contributed by atoms with van der Waals surface area (Å²) in [6.07, 6.45) is 0.795. The SMILES string of the molecule is NSc1ccc(Br)c(C=O)c1. The third kappa shape index (κ3) is 2.05. The maximum atomic E-state index is 10.4. The van der Waals surface area contributed by atoms with Crippen molar-refractivity contribution in [3.63, 3.8) is 0 Å². The van der Waals surface area contributed by atoms with E-state index < -0.39 is 0 Å². The maximum absolute atomic E-state index is 10.4. The van der Waals surface area contributed by atoms with Crippen molar-refractivity contribution in [2.45, 2.75) is 4.90 Å². The Labute approximate surface area is 77.4 Å². The van der Waals surface area contributed by atoms with Crippen LogP contribution in [0.5, 0.6) is 0 Å². The topological polar surface area (TPSA) is 43.1 Å². The van der Waals surface area contributed by atoms with E-state index in [1.54, 1.807) is 12.1 Å². The summed E-state index contributed by atoms with van der Waals surface area (Å²) in [5.41, 5.74) is 0.625. The van der Waals surface area contributed by atoms with Crippen LogP contribution in [0.4, 0.5) is 0 Å². The molecular weight excluding hydrogens is 226 g/mol. The van der Waals surface area contributed by atoms with Gasteiger partial charge in [0.2, 0.25) is 0 Å². The fourth-order valence-corrected chi connectivity index (χ4v) is 1.37. The number of rotatable bonds is 2. The molecule has 4 heteroatoms. The van der Waals surface area contributed by atoms with Crippen LogP contribution in [0.25, 0.3) is 0 Å². The number of aldehydes is 1. The molecule has 1 rings (SSSR count). The van der Waals surface area contributed by atoms with Crippen LogP contribution >= 0.6 is 27.9 Å². The minimum Gasteiger partial charge on any atom is -0.298 e. The molecule has 1 aromatic carbocycles. The van der Waals surface area contributed by atoms with Gasteiger partial charge in [-0.3, -0.25) is 9.93 Å². The minimum absolute atomic E-state index is 0.625. The van der Waals surface area contributed by atoms with Crippen molar-refractivity contribution in [3.8, 4) is 0 Å². The van der Waals surface area contributed by atoms with Gasteiger partial charge in [-0.2, -0.15) is 0 Å². The Morgan fingerprint density at radius 3 is 2.82 bits per heavy atom. The van der Waals surface area contributed by atoms with Crippen LogP contribution in [0.1, 0.15) is 10.4 Å². The number of hydrogen-bond donors (Lipinski definition) is 1. The van der Waals surface area contributed by atoms with Crippen molar-refractivity contribution in [1.82, 2.24) is 0 Å². The van der Waals surface area contributed by atoms with Gasteiger partial charge >= 0.3 is 0 Å². The first-order chi connectivity index (χ1) is 5.27. The second-order valence-electron chi connectivity index (χ2n) is 1.92. The Bertz CT molecular complexity index is 277. The first-order valence-corrected chi connectivity index (χ1v) is 4.56. The monoisotopic (exact) mass is 231 g/mol. The molecule has 0 aromatic heterocycles. The molecule has 11 heavy (non-hydrogen) atoms. The van der Waals surface area contributed by atoms with E-state index in [0.29, 0.717) is 5.56 Å². The largest absolute Gasteiger partial charge is 0.298 e. The summed E-state index contributed by atoms with van der Waals surface area (Å²) in [6, 6.07) is 5.39. The van der Waals surface area contributed by atoms with E-state index in [9.17, 15) is 4.79 Å². The van der Waals surface area contributed by atoms with Gasteiger partial charge in [-0.25, -0.2) is 0 Å². The molecule has 0 spiro atoms. The summed E-state index contributed by atoms with van der Waals surface area (Å²) < 4.78 is 0.797. The van der Waals surface area contributed by atoms with Gasteiger partial charge < -0.3 is 0 Å². The molecule has 58 valence electrons. The van der Waals surface area contributed by atoms with Crippen LogP contribution in [-0.4, -0.2) is 6.29 Å². The van der Waals surface area contributed by atoms with Crippen molar-refractivity contribution in [3.05, 3.63) is 28.2 Å². The Kier molecular flexibility index (Phi) is 3.11. The van der Waals surface area contributed by atoms with Gasteiger partial charge in [-0.1, -0.05) is 15.9 Å². The zero-order chi connectivity index (χ0) is 8.27. The fraction of sp³-hybridized carbons (Fsp3) is 0. The standard InChI is InChI=1S/C7H6BrNOS/c8-7-2-1-6(11-9)3-5(7)4-10/h1-4H,9H2. The van der Waals surface area contributed by atoms with Crippen LogP contribution in [0.2, 0.25) is 0 Å². The lowest BCUT2D eigenvalue weighted by molar-refractivity contribution is 0.112. The van der Waals surface area contributed by atoms with Crippen molar-refractivity contribution in [2.24, 2.45) is 5.14 Å². The Morgan fingerprint density at radius 1 is 1.55 bits per heavy atom. The van der Waals surface area contributed by atoms with Gasteiger partial charge in [-0.15, -0.1) is 0 Å². The molecular formula is C7H6BrNOS. The third-order valence-corrected chi connectivity index (χ3v) is 2.48. The Balaban J connectivity index is 3.12. The second kappa shape index (κ2) is 3.90. The van der Waals surface area contributed by atoms with E-state index in [1.165, 1.54) is 0 Å². The van der Waals surface area contributed by atoms with Gasteiger partial charge in [0, 0.05) is 14.9 Å². The van der Waals surface area contributed by atoms with Crippen LogP contribution in [0.15, 0.2) is 27.6 Å². The molecule has 0 aliphatic heterocycles. The van der Waals surface area contributed by atoms with Gasteiger partial charge in [0.15, 0.2) is 6.29 Å². The van der Waals surface area contributed by atoms with Crippen molar-refractivity contribution < 1.29 is 4.79 Å². The highest BCUT2D eigenvalue weighted by Crippen LogP contribution is 2.20. The molecule has 0 radical (unpaired) electrons. The van der Waals surface area contributed by atoms with Crippen molar-refractivity contribution >= 4 is 34.2 Å². The van der Waals surface area contributed by atoms with Crippen LogP contribution < -0.4 is 5.14 Å². The lowest BCUT2D eigenvalue weighted by Crippen LogP contribution is -1.85. The highest BCUT2D eigenvalue weighted by Gasteiger charge is 1.98. The molecule has 0 aliphatic carbocycles. The van der Waals surface area contributed by atoms with E-state index in [1.807, 2.05) is 6.07 Å². The molecule has 2 N–H and O–H groups in total. The second-order valence-corrected chi connectivity index (χ2v) is 3.48. The van der Waals surface area contributed by atoms with Gasteiger partial charge in [0.05, 0.1) is 0 Å². The molecule has 0 fully saturated rings. The zero-order valence-corrected chi connectivity index (χ0v) is 7.98. The summed E-state index contributed by atoms with van der Waals surface area (Å²) in [4.78, 5) is 11.3. The average Bonchev–Trinajstić information content (AvgIpc) is 2.05. The molecule has 0 amide bonds. The highest BCUT2D eigenvalue weighted by atomic mass is 79.9. The smallest absolute Gasteiger partial charge is 0.151 e. The highest BCUT2D eigenvalue weighted by molar-refractivity contribution is 9.10. The normalized spacial score (nSPS) is 9.64. The molecule has 0 heterocycles. The molecule has 0 aliphatic rings. The molecule has 0 unspecified atom stereocenters. The number of carbonyl (C=O) groups excluding carboxylic acids is 1. The molecule has 0 atom stereocenters. The van der Waals surface area contributed by atoms with E-state index in [0.717, 1.165) is 27.6 Å². The summed E-state index contributed by atoms with van der Waals surface area (Å²) in [7, 11) is 0. The maximum Gasteiger partial charge on any atom is 0.151 e. The molecule has 2 nitrogen and oxygen atoms in total. The number of benzene rings is 1. The predicted octanol–water partition coefficient (Wildman–Crippen LogP) is 2.23.